The van der Waals surface area contributed by atoms with Crippen LogP contribution in [0, 0.1) is 13.8 Å². The van der Waals surface area contributed by atoms with E-state index in [1.165, 1.54) is 16.7 Å². The number of aromatic nitrogens is 2. The molecule has 0 saturated heterocycles. The van der Waals surface area contributed by atoms with Crippen molar-refractivity contribution in [2.75, 3.05) is 13.7 Å². The summed E-state index contributed by atoms with van der Waals surface area (Å²) in [5.41, 5.74) is 6.62. The second kappa shape index (κ2) is 9.06. The Morgan fingerprint density at radius 1 is 1.17 bits per heavy atom. The number of para-hydroxylation sites is 1. The zero-order valence-electron chi connectivity index (χ0n) is 17.7. The summed E-state index contributed by atoms with van der Waals surface area (Å²) in [6.45, 7) is 6.46. The molecule has 2 heterocycles. The highest BCUT2D eigenvalue weighted by molar-refractivity contribution is 7.98. The normalized spacial score (nSPS) is 13.8. The number of hydrogen-bond donors (Lipinski definition) is 1. The summed E-state index contributed by atoms with van der Waals surface area (Å²) in [5.74, 6) is 1.68. The molecule has 6 heteroatoms. The van der Waals surface area contributed by atoms with Crippen LogP contribution in [0.1, 0.15) is 33.5 Å². The molecule has 4 rings (SSSR count). The van der Waals surface area contributed by atoms with E-state index in [4.69, 9.17) is 9.72 Å². The topological polar surface area (TPSA) is 58.2 Å². The Morgan fingerprint density at radius 3 is 2.83 bits per heavy atom. The minimum absolute atomic E-state index is 0.0202. The SMILES string of the molecule is COc1ccccc1CN1CCc2nc(SCc3cc(C)ccc3C)[nH]c(=O)c2C1. The number of ether oxygens (including phenoxy) is 1. The van der Waals surface area contributed by atoms with Crippen LogP contribution in [0.2, 0.25) is 0 Å². The third-order valence-electron chi connectivity index (χ3n) is 5.58. The molecule has 30 heavy (non-hydrogen) atoms. The molecule has 3 aromatic rings. The average molecular weight is 422 g/mol. The molecule has 156 valence electrons. The summed E-state index contributed by atoms with van der Waals surface area (Å²) < 4.78 is 5.47. The molecule has 0 atom stereocenters. The number of rotatable bonds is 6. The van der Waals surface area contributed by atoms with Crippen LogP contribution < -0.4 is 10.3 Å². The molecule has 0 radical (unpaired) electrons. The fourth-order valence-corrected chi connectivity index (χ4v) is 4.78. The summed E-state index contributed by atoms with van der Waals surface area (Å²) in [6, 6.07) is 14.5. The zero-order chi connectivity index (χ0) is 21.1. The van der Waals surface area contributed by atoms with Crippen LogP contribution in [0.4, 0.5) is 0 Å². The number of nitrogens with one attached hydrogen (secondary N) is 1. The standard InChI is InChI=1S/C24H27N3O2S/c1-16-8-9-17(2)19(12-16)15-30-24-25-21-10-11-27(14-20(21)23(28)26-24)13-18-6-4-5-7-22(18)29-3/h4-9,12H,10-11,13-15H2,1-3H3,(H,25,26,28). The highest BCUT2D eigenvalue weighted by Crippen LogP contribution is 2.25. The van der Waals surface area contributed by atoms with Crippen LogP contribution in [0.15, 0.2) is 52.4 Å². The van der Waals surface area contributed by atoms with E-state index in [1.54, 1.807) is 18.9 Å². The summed E-state index contributed by atoms with van der Waals surface area (Å²) in [4.78, 5) is 22.8. The van der Waals surface area contributed by atoms with Gasteiger partial charge < -0.3 is 9.72 Å². The molecule has 2 aromatic carbocycles. The van der Waals surface area contributed by atoms with Gasteiger partial charge in [-0.3, -0.25) is 9.69 Å². The number of benzene rings is 2. The van der Waals surface area contributed by atoms with Crippen LogP contribution in [-0.4, -0.2) is 28.5 Å². The first-order valence-electron chi connectivity index (χ1n) is 10.2. The summed E-state index contributed by atoms with van der Waals surface area (Å²) in [7, 11) is 1.69. The van der Waals surface area contributed by atoms with E-state index in [0.29, 0.717) is 11.7 Å². The minimum atomic E-state index is -0.0202. The third-order valence-corrected chi connectivity index (χ3v) is 6.50. The largest absolute Gasteiger partial charge is 0.496 e. The van der Waals surface area contributed by atoms with Crippen LogP contribution in [-0.2, 0) is 25.3 Å². The maximum atomic E-state index is 12.8. The molecule has 1 aromatic heterocycles. The van der Waals surface area contributed by atoms with E-state index in [-0.39, 0.29) is 5.56 Å². The van der Waals surface area contributed by atoms with Crippen molar-refractivity contribution in [2.24, 2.45) is 0 Å². The number of aromatic amines is 1. The highest BCUT2D eigenvalue weighted by atomic mass is 32.2. The average Bonchev–Trinajstić information content (AvgIpc) is 2.75. The van der Waals surface area contributed by atoms with Gasteiger partial charge in [-0.2, -0.15) is 0 Å². The fraction of sp³-hybridized carbons (Fsp3) is 0.333. The molecule has 0 unspecified atom stereocenters. The van der Waals surface area contributed by atoms with Crippen molar-refractivity contribution in [3.8, 4) is 5.75 Å². The van der Waals surface area contributed by atoms with Crippen LogP contribution in [0.25, 0.3) is 0 Å². The Kier molecular flexibility index (Phi) is 6.25. The lowest BCUT2D eigenvalue weighted by Gasteiger charge is -2.28. The number of fused-ring (bicyclic) bond motifs is 1. The lowest BCUT2D eigenvalue weighted by atomic mass is 10.1. The molecule has 0 spiro atoms. The van der Waals surface area contributed by atoms with Crippen molar-refractivity contribution in [3.05, 3.63) is 86.3 Å². The van der Waals surface area contributed by atoms with Gasteiger partial charge >= 0.3 is 0 Å². The quantitative estimate of drug-likeness (QED) is 0.476. The van der Waals surface area contributed by atoms with Crippen molar-refractivity contribution in [3.63, 3.8) is 0 Å². The number of hydrogen-bond acceptors (Lipinski definition) is 5. The van der Waals surface area contributed by atoms with Crippen molar-refractivity contribution >= 4 is 11.8 Å². The van der Waals surface area contributed by atoms with Gasteiger partial charge in [-0.1, -0.05) is 53.7 Å². The van der Waals surface area contributed by atoms with E-state index in [0.717, 1.165) is 47.8 Å². The van der Waals surface area contributed by atoms with E-state index in [1.807, 2.05) is 18.2 Å². The first-order valence-corrected chi connectivity index (χ1v) is 11.2. The lowest BCUT2D eigenvalue weighted by molar-refractivity contribution is 0.237. The molecule has 0 amide bonds. The van der Waals surface area contributed by atoms with E-state index in [2.05, 4.69) is 48.0 Å². The van der Waals surface area contributed by atoms with Gasteiger partial charge in [0.1, 0.15) is 5.75 Å². The Balaban J connectivity index is 1.47. The van der Waals surface area contributed by atoms with Crippen LogP contribution in [0.3, 0.4) is 0 Å². The molecular formula is C24H27N3O2S. The van der Waals surface area contributed by atoms with Gasteiger partial charge in [0.2, 0.25) is 0 Å². The van der Waals surface area contributed by atoms with Gasteiger partial charge in [0, 0.05) is 37.4 Å². The molecule has 1 N–H and O–H groups in total. The van der Waals surface area contributed by atoms with Gasteiger partial charge in [0.25, 0.3) is 5.56 Å². The second-order valence-corrected chi connectivity index (χ2v) is 8.75. The smallest absolute Gasteiger partial charge is 0.256 e. The molecule has 0 aliphatic carbocycles. The maximum Gasteiger partial charge on any atom is 0.256 e. The van der Waals surface area contributed by atoms with Crippen molar-refractivity contribution in [2.45, 2.75) is 44.3 Å². The Hall–Kier alpha value is -2.57. The van der Waals surface area contributed by atoms with E-state index < -0.39 is 0 Å². The summed E-state index contributed by atoms with van der Waals surface area (Å²) in [6.07, 6.45) is 0.783. The molecule has 0 fully saturated rings. The summed E-state index contributed by atoms with van der Waals surface area (Å²) in [5, 5.41) is 0.706. The van der Waals surface area contributed by atoms with Crippen LogP contribution in [0.5, 0.6) is 5.75 Å². The van der Waals surface area contributed by atoms with Crippen molar-refractivity contribution < 1.29 is 4.74 Å². The van der Waals surface area contributed by atoms with Gasteiger partial charge in [-0.05, 0) is 31.0 Å². The highest BCUT2D eigenvalue weighted by Gasteiger charge is 2.22. The first-order chi connectivity index (χ1) is 14.5. The third kappa shape index (κ3) is 4.60. The molecule has 0 bridgehead atoms. The Labute approximate surface area is 181 Å². The summed E-state index contributed by atoms with van der Waals surface area (Å²) >= 11 is 1.59. The predicted molar refractivity (Wildman–Crippen MR) is 121 cm³/mol. The zero-order valence-corrected chi connectivity index (χ0v) is 18.5. The monoisotopic (exact) mass is 421 g/mol. The van der Waals surface area contributed by atoms with Gasteiger partial charge in [-0.25, -0.2) is 4.98 Å². The van der Waals surface area contributed by atoms with Gasteiger partial charge in [-0.15, -0.1) is 0 Å². The number of methoxy groups -OCH3 is 1. The maximum absolute atomic E-state index is 12.8. The predicted octanol–water partition coefficient (Wildman–Crippen LogP) is 4.25. The minimum Gasteiger partial charge on any atom is -0.496 e. The van der Waals surface area contributed by atoms with E-state index in [9.17, 15) is 4.79 Å². The second-order valence-electron chi connectivity index (χ2n) is 7.79. The lowest BCUT2D eigenvalue weighted by Crippen LogP contribution is -2.35. The van der Waals surface area contributed by atoms with E-state index >= 15 is 0 Å². The number of aryl methyl sites for hydroxylation is 2. The molecule has 1 aliphatic rings. The van der Waals surface area contributed by atoms with Gasteiger partial charge in [0.15, 0.2) is 5.16 Å². The fourth-order valence-electron chi connectivity index (χ4n) is 3.84. The van der Waals surface area contributed by atoms with Crippen molar-refractivity contribution in [1.82, 2.24) is 14.9 Å². The first kappa shape index (κ1) is 20.7. The molecular weight excluding hydrogens is 394 g/mol. The van der Waals surface area contributed by atoms with Crippen molar-refractivity contribution in [1.29, 1.82) is 0 Å². The van der Waals surface area contributed by atoms with Gasteiger partial charge in [0.05, 0.1) is 18.4 Å². The number of nitrogens with zero attached hydrogens (tertiary/aromatic N) is 2. The number of thioether (sulfide) groups is 1. The molecule has 5 nitrogen and oxygen atoms in total. The number of H-pyrrole nitrogens is 1. The Morgan fingerprint density at radius 2 is 2.00 bits per heavy atom. The Bertz CT molecular complexity index is 1110. The molecule has 0 saturated carbocycles. The van der Waals surface area contributed by atoms with Crippen LogP contribution >= 0.6 is 11.8 Å². The molecule has 1 aliphatic heterocycles.